The first-order valence-corrected chi connectivity index (χ1v) is 4.88. The van der Waals surface area contributed by atoms with Crippen molar-refractivity contribution in [3.05, 3.63) is 0 Å². The van der Waals surface area contributed by atoms with Gasteiger partial charge in [0.05, 0.1) is 6.04 Å². The summed E-state index contributed by atoms with van der Waals surface area (Å²) >= 11 is 0. The first-order chi connectivity index (χ1) is 6.52. The van der Waals surface area contributed by atoms with Crippen molar-refractivity contribution in [1.29, 1.82) is 0 Å². The zero-order chi connectivity index (χ0) is 11.1. The Bertz CT molecular complexity index is 172. The van der Waals surface area contributed by atoms with Crippen LogP contribution in [0, 0.1) is 0 Å². The van der Waals surface area contributed by atoms with E-state index in [9.17, 15) is 4.79 Å². The van der Waals surface area contributed by atoms with Crippen molar-refractivity contribution >= 4 is 5.91 Å². The molecule has 3 N–H and O–H groups in total. The highest BCUT2D eigenvalue weighted by Gasteiger charge is 2.19. The molecule has 0 aromatic heterocycles. The van der Waals surface area contributed by atoms with Crippen LogP contribution in [0.1, 0.15) is 13.3 Å². The lowest BCUT2D eigenvalue weighted by molar-refractivity contribution is -0.126. The minimum Gasteiger partial charge on any atom is -0.308 e. The number of rotatable bonds is 6. The number of hydrazine groups is 1. The Morgan fingerprint density at radius 2 is 1.93 bits per heavy atom. The molecule has 0 bridgehead atoms. The Morgan fingerprint density at radius 1 is 1.36 bits per heavy atom. The van der Waals surface area contributed by atoms with Gasteiger partial charge in [0, 0.05) is 13.1 Å². The molecule has 0 aromatic rings. The van der Waals surface area contributed by atoms with Crippen molar-refractivity contribution in [2.24, 2.45) is 5.84 Å². The number of carbonyl (C=O) groups is 1. The molecule has 0 saturated heterocycles. The van der Waals surface area contributed by atoms with Gasteiger partial charge in [-0.15, -0.1) is 0 Å². The van der Waals surface area contributed by atoms with E-state index in [0.717, 1.165) is 19.5 Å². The lowest BCUT2D eigenvalue weighted by Crippen LogP contribution is -2.48. The van der Waals surface area contributed by atoms with Crippen LogP contribution in [0.25, 0.3) is 0 Å². The smallest absolute Gasteiger partial charge is 0.251 e. The highest BCUT2D eigenvalue weighted by molar-refractivity contribution is 5.80. The van der Waals surface area contributed by atoms with E-state index in [1.54, 1.807) is 0 Å². The third-order valence-electron chi connectivity index (χ3n) is 2.26. The summed E-state index contributed by atoms with van der Waals surface area (Å²) in [6.45, 7) is 3.77. The third kappa shape index (κ3) is 4.55. The van der Waals surface area contributed by atoms with Crippen molar-refractivity contribution in [2.75, 3.05) is 34.2 Å². The van der Waals surface area contributed by atoms with Crippen LogP contribution < -0.4 is 11.3 Å². The van der Waals surface area contributed by atoms with E-state index < -0.39 is 0 Å². The fraction of sp³-hybridized carbons (Fsp3) is 0.889. The zero-order valence-corrected chi connectivity index (χ0v) is 9.58. The summed E-state index contributed by atoms with van der Waals surface area (Å²) in [6.07, 6.45) is 0.771. The molecule has 5 nitrogen and oxygen atoms in total. The molecule has 0 saturated carbocycles. The lowest BCUT2D eigenvalue weighted by atomic mass is 10.2. The third-order valence-corrected chi connectivity index (χ3v) is 2.26. The van der Waals surface area contributed by atoms with Gasteiger partial charge in [-0.1, -0.05) is 6.92 Å². The molecule has 1 amide bonds. The van der Waals surface area contributed by atoms with Crippen molar-refractivity contribution in [2.45, 2.75) is 19.4 Å². The van der Waals surface area contributed by atoms with Crippen LogP contribution >= 0.6 is 0 Å². The van der Waals surface area contributed by atoms with E-state index in [2.05, 4.69) is 10.3 Å². The standard InChI is InChI=1S/C9H22N4O/c1-5-8(9(14)11-10)13(4)7-6-12(2)3/h8H,5-7,10H2,1-4H3,(H,11,14). The predicted molar refractivity (Wildman–Crippen MR) is 57.6 cm³/mol. The van der Waals surface area contributed by atoms with Crippen molar-refractivity contribution in [3.8, 4) is 0 Å². The van der Waals surface area contributed by atoms with Crippen LogP contribution in [-0.4, -0.2) is 56.0 Å². The highest BCUT2D eigenvalue weighted by atomic mass is 16.2. The molecule has 0 heterocycles. The summed E-state index contributed by atoms with van der Waals surface area (Å²) in [5.41, 5.74) is 2.19. The quantitative estimate of drug-likeness (QED) is 0.338. The Hall–Kier alpha value is -0.650. The number of nitrogens with zero attached hydrogens (tertiary/aromatic N) is 2. The molecule has 0 rings (SSSR count). The molecule has 5 heteroatoms. The van der Waals surface area contributed by atoms with Crippen LogP contribution in [0.3, 0.4) is 0 Å². The van der Waals surface area contributed by atoms with Crippen molar-refractivity contribution < 1.29 is 4.79 Å². The lowest BCUT2D eigenvalue weighted by Gasteiger charge is -2.26. The SMILES string of the molecule is CCC(C(=O)NN)N(C)CCN(C)C. The fourth-order valence-corrected chi connectivity index (χ4v) is 1.31. The van der Waals surface area contributed by atoms with Crippen LogP contribution in [0.2, 0.25) is 0 Å². The Morgan fingerprint density at radius 3 is 2.29 bits per heavy atom. The van der Waals surface area contributed by atoms with Gasteiger partial charge in [0.2, 0.25) is 0 Å². The molecule has 0 fully saturated rings. The van der Waals surface area contributed by atoms with Gasteiger partial charge in [-0.3, -0.25) is 15.1 Å². The number of nitrogens with two attached hydrogens (primary N) is 1. The maximum Gasteiger partial charge on any atom is 0.251 e. The van der Waals surface area contributed by atoms with Gasteiger partial charge in [0.1, 0.15) is 0 Å². The normalized spacial score (nSPS) is 13.4. The molecule has 0 aliphatic rings. The minimum atomic E-state index is -0.125. The largest absolute Gasteiger partial charge is 0.308 e. The summed E-state index contributed by atoms with van der Waals surface area (Å²) in [5, 5.41) is 0. The number of carbonyl (C=O) groups excluding carboxylic acids is 1. The molecule has 0 aromatic carbocycles. The molecule has 0 spiro atoms. The number of nitrogens with one attached hydrogen (secondary N) is 1. The second-order valence-electron chi connectivity index (χ2n) is 3.72. The number of hydrogen-bond acceptors (Lipinski definition) is 4. The van der Waals surface area contributed by atoms with E-state index in [1.807, 2.05) is 33.0 Å². The number of likely N-dealkylation sites (N-methyl/N-ethyl adjacent to an activating group) is 2. The summed E-state index contributed by atoms with van der Waals surface area (Å²) < 4.78 is 0. The Kier molecular flexibility index (Phi) is 6.44. The summed E-state index contributed by atoms with van der Waals surface area (Å²) in [6, 6.07) is -0.125. The second kappa shape index (κ2) is 6.75. The van der Waals surface area contributed by atoms with Crippen molar-refractivity contribution in [1.82, 2.24) is 15.2 Å². The average Bonchev–Trinajstić information content (AvgIpc) is 2.15. The molecular formula is C9H22N4O. The Labute approximate surface area is 86.2 Å². The monoisotopic (exact) mass is 202 g/mol. The fourth-order valence-electron chi connectivity index (χ4n) is 1.31. The maximum atomic E-state index is 11.3. The van der Waals surface area contributed by atoms with Gasteiger partial charge >= 0.3 is 0 Å². The van der Waals surface area contributed by atoms with Gasteiger partial charge in [0.25, 0.3) is 5.91 Å². The zero-order valence-electron chi connectivity index (χ0n) is 9.58. The van der Waals surface area contributed by atoms with Gasteiger partial charge in [0.15, 0.2) is 0 Å². The molecule has 1 atom stereocenters. The molecule has 14 heavy (non-hydrogen) atoms. The van der Waals surface area contributed by atoms with Gasteiger partial charge < -0.3 is 4.90 Å². The molecule has 84 valence electrons. The maximum absolute atomic E-state index is 11.3. The number of amides is 1. The minimum absolute atomic E-state index is 0.117. The molecule has 0 aliphatic heterocycles. The van der Waals surface area contributed by atoms with Gasteiger partial charge in [-0.2, -0.15) is 0 Å². The number of hydrogen-bond donors (Lipinski definition) is 2. The summed E-state index contributed by atoms with van der Waals surface area (Å²) in [4.78, 5) is 15.4. The summed E-state index contributed by atoms with van der Waals surface area (Å²) in [7, 11) is 5.96. The average molecular weight is 202 g/mol. The van der Waals surface area contributed by atoms with E-state index >= 15 is 0 Å². The van der Waals surface area contributed by atoms with Gasteiger partial charge in [-0.25, -0.2) is 5.84 Å². The molecule has 0 radical (unpaired) electrons. The first kappa shape index (κ1) is 13.4. The highest BCUT2D eigenvalue weighted by Crippen LogP contribution is 2.00. The van der Waals surface area contributed by atoms with Gasteiger partial charge in [-0.05, 0) is 27.6 Å². The Balaban J connectivity index is 4.04. The van der Waals surface area contributed by atoms with Crippen LogP contribution in [-0.2, 0) is 4.79 Å². The summed E-state index contributed by atoms with van der Waals surface area (Å²) in [5.74, 6) is 4.99. The van der Waals surface area contributed by atoms with Crippen LogP contribution in [0.15, 0.2) is 0 Å². The second-order valence-corrected chi connectivity index (χ2v) is 3.72. The topological polar surface area (TPSA) is 61.6 Å². The van der Waals surface area contributed by atoms with E-state index in [4.69, 9.17) is 5.84 Å². The van der Waals surface area contributed by atoms with Crippen molar-refractivity contribution in [3.63, 3.8) is 0 Å². The van der Waals surface area contributed by atoms with E-state index in [0.29, 0.717) is 0 Å². The first-order valence-electron chi connectivity index (χ1n) is 4.88. The van der Waals surface area contributed by atoms with Crippen LogP contribution in [0.4, 0.5) is 0 Å². The van der Waals surface area contributed by atoms with E-state index in [1.165, 1.54) is 0 Å². The van der Waals surface area contributed by atoms with E-state index in [-0.39, 0.29) is 11.9 Å². The molecular weight excluding hydrogens is 180 g/mol. The predicted octanol–water partition coefficient (Wildman–Crippen LogP) is -0.752. The van der Waals surface area contributed by atoms with Crippen LogP contribution in [0.5, 0.6) is 0 Å². The molecule has 0 aliphatic carbocycles. The molecule has 1 unspecified atom stereocenters.